The number of pyridine rings is 1. The Morgan fingerprint density at radius 2 is 1.09 bits per heavy atom. The van der Waals surface area contributed by atoms with Crippen LogP contribution in [0.25, 0.3) is 71.0 Å². The van der Waals surface area contributed by atoms with Gasteiger partial charge < -0.3 is 9.13 Å². The predicted octanol–water partition coefficient (Wildman–Crippen LogP) is 9.24. The fraction of sp³-hybridized carbons (Fsp3) is 0. The number of hydrogen-bond donors (Lipinski definition) is 0. The summed E-state index contributed by atoms with van der Waals surface area (Å²) in [7, 11) is 0. The zero-order valence-corrected chi connectivity index (χ0v) is 23.2. The lowest BCUT2D eigenvalue weighted by Crippen LogP contribution is -2.05. The number of benzene rings is 5. The highest BCUT2D eigenvalue weighted by Crippen LogP contribution is 2.42. The fourth-order valence-electron chi connectivity index (χ4n) is 6.37. The van der Waals surface area contributed by atoms with E-state index in [2.05, 4.69) is 50.4 Å². The van der Waals surface area contributed by atoms with Gasteiger partial charge in [0.25, 0.3) is 0 Å². The summed E-state index contributed by atoms with van der Waals surface area (Å²) in [5.41, 5.74) is 8.97. The SMILES string of the molecule is [C-]#[N+]c1ccc2c3ccccc3n(-c3cncc(-n4c5ccccc5c5ccc(C#N)cc54)c3-c3ccc(C#N)cc3)c2c1. The Morgan fingerprint density at radius 3 is 1.68 bits per heavy atom. The quantitative estimate of drug-likeness (QED) is 0.202. The van der Waals surface area contributed by atoms with Gasteiger partial charge in [-0.3, -0.25) is 4.98 Å². The zero-order valence-electron chi connectivity index (χ0n) is 23.2. The van der Waals surface area contributed by atoms with Crippen LogP contribution < -0.4 is 0 Å². The van der Waals surface area contributed by atoms with Crippen LogP contribution in [0.4, 0.5) is 5.69 Å². The van der Waals surface area contributed by atoms with Crippen molar-refractivity contribution >= 4 is 49.3 Å². The minimum atomic E-state index is 0.553. The molecule has 0 N–H and O–H groups in total. The Labute approximate surface area is 252 Å². The van der Waals surface area contributed by atoms with Crippen molar-refractivity contribution in [1.82, 2.24) is 14.1 Å². The molecule has 0 spiro atoms. The molecule has 0 aliphatic rings. The minimum absolute atomic E-state index is 0.553. The standard InChI is InChI=1S/C38H20N6/c1-41-27-15-17-31-29-7-3-5-9-33(29)44(35(31)19-27)37-23-42-22-36(38(37)26-13-10-24(20-39)11-14-26)43-32-8-4-2-6-28(32)30-16-12-25(21-40)18-34(30)43/h2-19,22-23H. The molecule has 0 atom stereocenters. The van der Waals surface area contributed by atoms with E-state index in [4.69, 9.17) is 11.6 Å². The maximum atomic E-state index is 9.81. The lowest BCUT2D eigenvalue weighted by Gasteiger charge is -2.19. The van der Waals surface area contributed by atoms with Crippen molar-refractivity contribution in [3.8, 4) is 34.6 Å². The van der Waals surface area contributed by atoms with E-state index in [1.54, 1.807) is 0 Å². The molecule has 202 valence electrons. The van der Waals surface area contributed by atoms with Gasteiger partial charge in [-0.1, -0.05) is 66.7 Å². The number of hydrogen-bond acceptors (Lipinski definition) is 3. The molecule has 0 amide bonds. The molecular formula is C38H20N6. The van der Waals surface area contributed by atoms with Crippen LogP contribution in [0.1, 0.15) is 11.1 Å². The van der Waals surface area contributed by atoms with Crippen molar-refractivity contribution < 1.29 is 0 Å². The summed E-state index contributed by atoms with van der Waals surface area (Å²) in [6.45, 7) is 7.71. The summed E-state index contributed by atoms with van der Waals surface area (Å²) in [4.78, 5) is 8.54. The summed E-state index contributed by atoms with van der Waals surface area (Å²) in [6, 6.07) is 40.1. The summed E-state index contributed by atoms with van der Waals surface area (Å²) < 4.78 is 4.35. The summed E-state index contributed by atoms with van der Waals surface area (Å²) >= 11 is 0. The number of aromatic nitrogens is 3. The molecule has 44 heavy (non-hydrogen) atoms. The van der Waals surface area contributed by atoms with Crippen LogP contribution in [0, 0.1) is 29.2 Å². The number of para-hydroxylation sites is 2. The first kappa shape index (κ1) is 25.1. The van der Waals surface area contributed by atoms with Crippen LogP contribution in [0.2, 0.25) is 0 Å². The van der Waals surface area contributed by atoms with Crippen molar-refractivity contribution in [1.29, 1.82) is 10.5 Å². The molecule has 0 unspecified atom stereocenters. The van der Waals surface area contributed by atoms with Crippen molar-refractivity contribution in [2.45, 2.75) is 0 Å². The van der Waals surface area contributed by atoms with E-state index < -0.39 is 0 Å². The maximum Gasteiger partial charge on any atom is 0.189 e. The van der Waals surface area contributed by atoms with Gasteiger partial charge in [0.05, 0.1) is 70.2 Å². The highest BCUT2D eigenvalue weighted by molar-refractivity contribution is 6.12. The molecule has 0 bridgehead atoms. The largest absolute Gasteiger partial charge is 0.308 e. The van der Waals surface area contributed by atoms with Crippen LogP contribution in [0.5, 0.6) is 0 Å². The van der Waals surface area contributed by atoms with Gasteiger partial charge in [0.1, 0.15) is 0 Å². The molecule has 8 rings (SSSR count). The van der Waals surface area contributed by atoms with E-state index in [0.717, 1.165) is 66.1 Å². The monoisotopic (exact) mass is 560 g/mol. The lowest BCUT2D eigenvalue weighted by molar-refractivity contribution is 1.09. The summed E-state index contributed by atoms with van der Waals surface area (Å²) in [6.07, 6.45) is 3.72. The summed E-state index contributed by atoms with van der Waals surface area (Å²) in [5, 5.41) is 23.6. The van der Waals surface area contributed by atoms with Gasteiger partial charge in [0.2, 0.25) is 0 Å². The molecule has 3 aromatic heterocycles. The van der Waals surface area contributed by atoms with E-state index in [0.29, 0.717) is 16.8 Å². The molecule has 0 saturated carbocycles. The van der Waals surface area contributed by atoms with Gasteiger partial charge in [-0.25, -0.2) is 4.85 Å². The highest BCUT2D eigenvalue weighted by atomic mass is 15.0. The van der Waals surface area contributed by atoms with Crippen LogP contribution in [0.3, 0.4) is 0 Å². The van der Waals surface area contributed by atoms with Gasteiger partial charge in [0, 0.05) is 32.6 Å². The molecular weight excluding hydrogens is 540 g/mol. The van der Waals surface area contributed by atoms with Gasteiger partial charge in [-0.05, 0) is 48.0 Å². The number of rotatable bonds is 3. The highest BCUT2D eigenvalue weighted by Gasteiger charge is 2.22. The van der Waals surface area contributed by atoms with Crippen molar-refractivity contribution in [3.63, 3.8) is 0 Å². The molecule has 0 radical (unpaired) electrons. The van der Waals surface area contributed by atoms with E-state index in [-0.39, 0.29) is 0 Å². The average molecular weight is 561 g/mol. The van der Waals surface area contributed by atoms with Crippen molar-refractivity contribution in [3.05, 3.63) is 144 Å². The molecule has 0 saturated heterocycles. The second-order valence-corrected chi connectivity index (χ2v) is 10.6. The first-order valence-electron chi connectivity index (χ1n) is 14.0. The Balaban J connectivity index is 1.56. The maximum absolute atomic E-state index is 9.81. The molecule has 6 nitrogen and oxygen atoms in total. The number of nitrogens with zero attached hydrogens (tertiary/aromatic N) is 6. The second kappa shape index (κ2) is 9.71. The van der Waals surface area contributed by atoms with Gasteiger partial charge in [0.15, 0.2) is 5.69 Å². The van der Waals surface area contributed by atoms with Crippen LogP contribution in [-0.2, 0) is 0 Å². The Morgan fingerprint density at radius 1 is 0.568 bits per heavy atom. The smallest absolute Gasteiger partial charge is 0.189 e. The predicted molar refractivity (Wildman–Crippen MR) is 174 cm³/mol. The molecule has 0 fully saturated rings. The van der Waals surface area contributed by atoms with Crippen LogP contribution in [-0.4, -0.2) is 14.1 Å². The van der Waals surface area contributed by atoms with E-state index in [9.17, 15) is 10.5 Å². The average Bonchev–Trinajstić information content (AvgIpc) is 3.59. The van der Waals surface area contributed by atoms with Crippen LogP contribution >= 0.6 is 0 Å². The van der Waals surface area contributed by atoms with Crippen molar-refractivity contribution in [2.75, 3.05) is 0 Å². The number of nitriles is 2. The zero-order chi connectivity index (χ0) is 29.8. The third-order valence-corrected chi connectivity index (χ3v) is 8.28. The molecule has 0 aliphatic carbocycles. The van der Waals surface area contributed by atoms with E-state index in [1.165, 1.54) is 0 Å². The first-order chi connectivity index (χ1) is 21.7. The number of fused-ring (bicyclic) bond motifs is 6. The summed E-state index contributed by atoms with van der Waals surface area (Å²) in [5.74, 6) is 0. The van der Waals surface area contributed by atoms with Gasteiger partial charge in [-0.2, -0.15) is 10.5 Å². The van der Waals surface area contributed by atoms with Crippen molar-refractivity contribution in [2.24, 2.45) is 0 Å². The normalized spacial score (nSPS) is 11.1. The Kier molecular flexibility index (Phi) is 5.53. The van der Waals surface area contributed by atoms with E-state index in [1.807, 2.05) is 97.3 Å². The lowest BCUT2D eigenvalue weighted by atomic mass is 10.0. The molecule has 8 aromatic rings. The van der Waals surface area contributed by atoms with Gasteiger partial charge in [-0.15, -0.1) is 0 Å². The minimum Gasteiger partial charge on any atom is -0.308 e. The van der Waals surface area contributed by atoms with Crippen LogP contribution in [0.15, 0.2) is 122 Å². The topological polar surface area (TPSA) is 74.7 Å². The molecule has 3 heterocycles. The van der Waals surface area contributed by atoms with E-state index >= 15 is 0 Å². The third kappa shape index (κ3) is 3.61. The van der Waals surface area contributed by atoms with Gasteiger partial charge >= 0.3 is 0 Å². The Bertz CT molecular complexity index is 2430. The Hall–Kier alpha value is -6.68. The first-order valence-corrected chi connectivity index (χ1v) is 14.0. The fourth-order valence-corrected chi connectivity index (χ4v) is 6.37. The molecule has 6 heteroatoms. The molecule has 5 aromatic carbocycles. The third-order valence-electron chi connectivity index (χ3n) is 8.28. The molecule has 0 aliphatic heterocycles. The second-order valence-electron chi connectivity index (χ2n) is 10.6.